The van der Waals surface area contributed by atoms with Gasteiger partial charge >= 0.3 is 0 Å². The molecule has 94 valence electrons. The van der Waals surface area contributed by atoms with Crippen LogP contribution in [0.3, 0.4) is 0 Å². The van der Waals surface area contributed by atoms with Crippen LogP contribution in [0.4, 0.5) is 0 Å². The first-order chi connectivity index (χ1) is 8.90. The van der Waals surface area contributed by atoms with Gasteiger partial charge < -0.3 is 4.74 Å². The van der Waals surface area contributed by atoms with Crippen LogP contribution in [0.15, 0.2) is 36.5 Å². The molecule has 3 rings (SSSR count). The molecule has 0 spiro atoms. The van der Waals surface area contributed by atoms with Crippen LogP contribution < -0.4 is 4.74 Å². The third kappa shape index (κ3) is 3.13. The molecule has 3 heteroatoms. The lowest BCUT2D eigenvalue weighted by atomic mass is 10.1. The van der Waals surface area contributed by atoms with Crippen LogP contribution in [-0.2, 0) is 12.8 Å². The number of H-pyrrole nitrogens is 1. The molecule has 0 amide bonds. The molecule has 2 aromatic rings. The molecule has 0 aliphatic heterocycles. The number of nitrogens with zero attached hydrogens (tertiary/aromatic N) is 1. The third-order valence-corrected chi connectivity index (χ3v) is 3.32. The van der Waals surface area contributed by atoms with Gasteiger partial charge in [0.05, 0.1) is 6.61 Å². The second-order valence-electron chi connectivity index (χ2n) is 4.98. The molecule has 18 heavy (non-hydrogen) atoms. The minimum atomic E-state index is 0.804. The maximum absolute atomic E-state index is 5.79. The number of aryl methyl sites for hydroxylation is 2. The maximum Gasteiger partial charge on any atom is 0.119 e. The van der Waals surface area contributed by atoms with Crippen molar-refractivity contribution in [2.75, 3.05) is 6.61 Å². The van der Waals surface area contributed by atoms with Crippen molar-refractivity contribution in [3.05, 3.63) is 47.8 Å². The zero-order valence-corrected chi connectivity index (χ0v) is 10.4. The average molecular weight is 242 g/mol. The van der Waals surface area contributed by atoms with Gasteiger partial charge in [-0.05, 0) is 55.4 Å². The Morgan fingerprint density at radius 1 is 1.22 bits per heavy atom. The fourth-order valence-corrected chi connectivity index (χ4v) is 1.99. The van der Waals surface area contributed by atoms with Crippen LogP contribution in [-0.4, -0.2) is 16.8 Å². The Labute approximate surface area is 107 Å². The second kappa shape index (κ2) is 5.25. The summed E-state index contributed by atoms with van der Waals surface area (Å²) in [4.78, 5) is 0. The molecule has 0 saturated heterocycles. The first kappa shape index (κ1) is 11.3. The molecule has 0 radical (unpaired) electrons. The highest BCUT2D eigenvalue weighted by Gasteiger charge is 2.21. The minimum Gasteiger partial charge on any atom is -0.493 e. The summed E-state index contributed by atoms with van der Waals surface area (Å²) in [5.41, 5.74) is 2.50. The molecule has 0 unspecified atom stereocenters. The van der Waals surface area contributed by atoms with Gasteiger partial charge in [-0.15, -0.1) is 0 Å². The van der Waals surface area contributed by atoms with Crippen molar-refractivity contribution < 1.29 is 4.74 Å². The molecule has 1 N–H and O–H groups in total. The van der Waals surface area contributed by atoms with Crippen LogP contribution in [0.25, 0.3) is 0 Å². The summed E-state index contributed by atoms with van der Waals surface area (Å²) in [6, 6.07) is 10.4. The van der Waals surface area contributed by atoms with Crippen LogP contribution >= 0.6 is 0 Å². The van der Waals surface area contributed by atoms with Gasteiger partial charge in [-0.25, -0.2) is 0 Å². The predicted molar refractivity (Wildman–Crippen MR) is 70.7 cm³/mol. The maximum atomic E-state index is 5.79. The smallest absolute Gasteiger partial charge is 0.119 e. The highest BCUT2D eigenvalue weighted by molar-refractivity contribution is 5.29. The van der Waals surface area contributed by atoms with Gasteiger partial charge in [0.1, 0.15) is 5.75 Å². The fraction of sp³-hybridized carbons (Fsp3) is 0.400. The van der Waals surface area contributed by atoms with Crippen molar-refractivity contribution in [3.63, 3.8) is 0 Å². The quantitative estimate of drug-likeness (QED) is 0.845. The molecule has 0 bridgehead atoms. The Hall–Kier alpha value is -1.77. The number of rotatable bonds is 6. The van der Waals surface area contributed by atoms with Crippen molar-refractivity contribution in [1.82, 2.24) is 10.2 Å². The van der Waals surface area contributed by atoms with E-state index in [-0.39, 0.29) is 0 Å². The topological polar surface area (TPSA) is 37.9 Å². The van der Waals surface area contributed by atoms with Gasteiger partial charge in [-0.1, -0.05) is 12.1 Å². The van der Waals surface area contributed by atoms with E-state index in [1.807, 2.05) is 12.1 Å². The molecule has 1 heterocycles. The molecule has 1 aromatic heterocycles. The normalized spacial score (nSPS) is 14.7. The van der Waals surface area contributed by atoms with Crippen LogP contribution in [0, 0.1) is 5.92 Å². The third-order valence-electron chi connectivity index (χ3n) is 3.32. The summed E-state index contributed by atoms with van der Waals surface area (Å²) in [7, 11) is 0. The monoisotopic (exact) mass is 242 g/mol. The van der Waals surface area contributed by atoms with Gasteiger partial charge in [0.2, 0.25) is 0 Å². The van der Waals surface area contributed by atoms with Crippen molar-refractivity contribution in [2.24, 2.45) is 5.92 Å². The molecule has 1 aliphatic rings. The molecule has 1 fully saturated rings. The Kier molecular flexibility index (Phi) is 3.31. The molecule has 0 atom stereocenters. The average Bonchev–Trinajstić information content (AvgIpc) is 3.09. The fourth-order valence-electron chi connectivity index (χ4n) is 1.99. The van der Waals surface area contributed by atoms with E-state index in [1.54, 1.807) is 6.20 Å². The highest BCUT2D eigenvalue weighted by Crippen LogP contribution is 2.29. The van der Waals surface area contributed by atoms with Gasteiger partial charge in [0.25, 0.3) is 0 Å². The molecule has 3 nitrogen and oxygen atoms in total. The van der Waals surface area contributed by atoms with Crippen LogP contribution in [0.2, 0.25) is 0 Å². The number of benzene rings is 1. The standard InChI is InChI=1S/C15H18N2O/c1-2-12(6-7-14-8-9-16-17-14)10-15(3-1)18-11-13-4-5-13/h1-3,8-10,13H,4-7,11H2,(H,16,17). The Balaban J connectivity index is 1.55. The van der Waals surface area contributed by atoms with Crippen molar-refractivity contribution in [1.29, 1.82) is 0 Å². The van der Waals surface area contributed by atoms with Crippen molar-refractivity contribution in [2.45, 2.75) is 25.7 Å². The summed E-state index contributed by atoms with van der Waals surface area (Å²) >= 11 is 0. The van der Waals surface area contributed by atoms with Crippen LogP contribution in [0.5, 0.6) is 5.75 Å². The Morgan fingerprint density at radius 2 is 2.17 bits per heavy atom. The number of ether oxygens (including phenoxy) is 1. The first-order valence-electron chi connectivity index (χ1n) is 6.60. The number of aromatic nitrogens is 2. The van der Waals surface area contributed by atoms with Gasteiger partial charge in [0, 0.05) is 11.9 Å². The van der Waals surface area contributed by atoms with E-state index in [9.17, 15) is 0 Å². The van der Waals surface area contributed by atoms with E-state index in [1.165, 1.54) is 24.1 Å². The molecule has 1 saturated carbocycles. The Morgan fingerprint density at radius 3 is 2.94 bits per heavy atom. The summed E-state index contributed by atoms with van der Waals surface area (Å²) < 4.78 is 5.79. The summed E-state index contributed by atoms with van der Waals surface area (Å²) in [6.07, 6.45) is 6.47. The summed E-state index contributed by atoms with van der Waals surface area (Å²) in [6.45, 7) is 0.879. The SMILES string of the molecule is c1cc(CCc2ccn[nH]2)cc(OCC2CC2)c1. The highest BCUT2D eigenvalue weighted by atomic mass is 16.5. The number of nitrogens with one attached hydrogen (secondary N) is 1. The van der Waals surface area contributed by atoms with E-state index in [2.05, 4.69) is 28.4 Å². The van der Waals surface area contributed by atoms with Gasteiger partial charge in [-0.2, -0.15) is 5.10 Å². The zero-order valence-electron chi connectivity index (χ0n) is 10.4. The largest absolute Gasteiger partial charge is 0.493 e. The minimum absolute atomic E-state index is 0.804. The lowest BCUT2D eigenvalue weighted by Gasteiger charge is -2.07. The lowest BCUT2D eigenvalue weighted by molar-refractivity contribution is 0.299. The van der Waals surface area contributed by atoms with E-state index in [4.69, 9.17) is 4.74 Å². The molecule has 1 aliphatic carbocycles. The zero-order chi connectivity index (χ0) is 12.2. The van der Waals surface area contributed by atoms with E-state index < -0.39 is 0 Å². The van der Waals surface area contributed by atoms with E-state index in [0.717, 1.165) is 31.1 Å². The van der Waals surface area contributed by atoms with E-state index in [0.29, 0.717) is 0 Å². The van der Waals surface area contributed by atoms with Gasteiger partial charge in [-0.3, -0.25) is 5.10 Å². The van der Waals surface area contributed by atoms with Crippen LogP contribution in [0.1, 0.15) is 24.1 Å². The lowest BCUT2D eigenvalue weighted by Crippen LogP contribution is -1.99. The second-order valence-corrected chi connectivity index (χ2v) is 4.98. The Bertz CT molecular complexity index is 489. The molecular weight excluding hydrogens is 224 g/mol. The summed E-state index contributed by atoms with van der Waals surface area (Å²) in [5, 5.41) is 6.95. The molecule has 1 aromatic carbocycles. The summed E-state index contributed by atoms with van der Waals surface area (Å²) in [5.74, 6) is 1.81. The van der Waals surface area contributed by atoms with E-state index >= 15 is 0 Å². The van der Waals surface area contributed by atoms with Crippen molar-refractivity contribution in [3.8, 4) is 5.75 Å². The number of hydrogen-bond acceptors (Lipinski definition) is 2. The molecular formula is C15H18N2O. The van der Waals surface area contributed by atoms with Crippen molar-refractivity contribution >= 4 is 0 Å². The number of aromatic amines is 1. The number of hydrogen-bond donors (Lipinski definition) is 1. The van der Waals surface area contributed by atoms with Gasteiger partial charge in [0.15, 0.2) is 0 Å². The first-order valence-corrected chi connectivity index (χ1v) is 6.60. The predicted octanol–water partition coefficient (Wildman–Crippen LogP) is 2.98.